The number of ether oxygens (including phenoxy) is 1. The molecule has 2 N–H and O–H groups in total. The van der Waals surface area contributed by atoms with Gasteiger partial charge in [0.25, 0.3) is 5.91 Å². The van der Waals surface area contributed by atoms with Gasteiger partial charge in [0.05, 0.1) is 11.4 Å². The maximum absolute atomic E-state index is 12.5. The second-order valence-electron chi connectivity index (χ2n) is 6.39. The van der Waals surface area contributed by atoms with E-state index in [1.807, 2.05) is 13.8 Å². The van der Waals surface area contributed by atoms with Crippen LogP contribution in [0.2, 0.25) is 0 Å². The topological polar surface area (TPSA) is 105 Å². The van der Waals surface area contributed by atoms with Gasteiger partial charge in [-0.15, -0.1) is 0 Å². The number of nitrogens with zero attached hydrogens (tertiary/aromatic N) is 1. The van der Waals surface area contributed by atoms with E-state index in [2.05, 4.69) is 10.6 Å². The molecule has 0 bridgehead atoms. The average Bonchev–Trinajstić information content (AvgIpc) is 2.68. The van der Waals surface area contributed by atoms with Gasteiger partial charge in [-0.25, -0.2) is 8.42 Å². The lowest BCUT2D eigenvalue weighted by atomic mass is 10.2. The largest absolute Gasteiger partial charge is 0.484 e. The SMILES string of the molecule is CCNC(=O)COc1ccc(NC(=O)CN(C)S(=O)(=O)c2ccc(C)cc2)cc1. The van der Waals surface area contributed by atoms with Crippen molar-refractivity contribution in [2.24, 2.45) is 0 Å². The molecule has 0 saturated heterocycles. The Morgan fingerprint density at radius 3 is 2.21 bits per heavy atom. The molecule has 0 heterocycles. The summed E-state index contributed by atoms with van der Waals surface area (Å²) in [6.07, 6.45) is 0. The van der Waals surface area contributed by atoms with Crippen molar-refractivity contribution in [3.63, 3.8) is 0 Å². The van der Waals surface area contributed by atoms with Gasteiger partial charge in [-0.1, -0.05) is 17.7 Å². The number of likely N-dealkylation sites (N-methyl/N-ethyl adjacent to an activating group) is 2. The average molecular weight is 420 g/mol. The molecule has 0 fully saturated rings. The quantitative estimate of drug-likeness (QED) is 0.645. The summed E-state index contributed by atoms with van der Waals surface area (Å²) in [5, 5.41) is 5.26. The highest BCUT2D eigenvalue weighted by molar-refractivity contribution is 7.89. The van der Waals surface area contributed by atoms with Gasteiger partial charge < -0.3 is 15.4 Å². The number of carbonyl (C=O) groups is 2. The van der Waals surface area contributed by atoms with Crippen LogP contribution in [0.4, 0.5) is 5.69 Å². The van der Waals surface area contributed by atoms with Crippen LogP contribution in [0.3, 0.4) is 0 Å². The van der Waals surface area contributed by atoms with Gasteiger partial charge in [0.15, 0.2) is 6.61 Å². The summed E-state index contributed by atoms with van der Waals surface area (Å²) < 4.78 is 31.4. The molecule has 0 atom stereocenters. The number of hydrogen-bond donors (Lipinski definition) is 2. The van der Waals surface area contributed by atoms with Gasteiger partial charge in [0.1, 0.15) is 5.75 Å². The number of benzene rings is 2. The van der Waals surface area contributed by atoms with Gasteiger partial charge in [-0.2, -0.15) is 4.31 Å². The lowest BCUT2D eigenvalue weighted by Crippen LogP contribution is -2.34. The molecule has 2 aromatic carbocycles. The third-order valence-corrected chi connectivity index (χ3v) is 5.79. The van der Waals surface area contributed by atoms with Crippen LogP contribution in [-0.4, -0.2) is 51.3 Å². The van der Waals surface area contributed by atoms with Crippen molar-refractivity contribution in [2.75, 3.05) is 32.1 Å². The number of sulfonamides is 1. The molecule has 2 rings (SSSR count). The minimum Gasteiger partial charge on any atom is -0.484 e. The normalized spacial score (nSPS) is 11.2. The summed E-state index contributed by atoms with van der Waals surface area (Å²) >= 11 is 0. The fourth-order valence-corrected chi connectivity index (χ4v) is 3.54. The van der Waals surface area contributed by atoms with Gasteiger partial charge in [-0.3, -0.25) is 9.59 Å². The Labute approximate surface area is 170 Å². The zero-order chi connectivity index (χ0) is 21.4. The van der Waals surface area contributed by atoms with Gasteiger partial charge in [0, 0.05) is 19.3 Å². The van der Waals surface area contributed by atoms with Crippen LogP contribution in [-0.2, 0) is 19.6 Å². The molecule has 8 nitrogen and oxygen atoms in total. The summed E-state index contributed by atoms with van der Waals surface area (Å²) in [6.45, 7) is 3.79. The van der Waals surface area contributed by atoms with Crippen molar-refractivity contribution in [1.82, 2.24) is 9.62 Å². The second kappa shape index (κ2) is 10.0. The summed E-state index contributed by atoms with van der Waals surface area (Å²) in [5.74, 6) is -0.213. The fraction of sp³-hybridized carbons (Fsp3) is 0.300. The molecule has 0 aromatic heterocycles. The first-order chi connectivity index (χ1) is 13.7. The van der Waals surface area contributed by atoms with E-state index in [-0.39, 0.29) is 24.0 Å². The molecular formula is C20H25N3O5S. The van der Waals surface area contributed by atoms with Crippen molar-refractivity contribution in [2.45, 2.75) is 18.7 Å². The predicted molar refractivity (Wildman–Crippen MR) is 110 cm³/mol. The Hall–Kier alpha value is -2.91. The van der Waals surface area contributed by atoms with E-state index in [0.29, 0.717) is 18.0 Å². The molecule has 0 radical (unpaired) electrons. The monoisotopic (exact) mass is 419 g/mol. The Balaban J connectivity index is 1.91. The summed E-state index contributed by atoms with van der Waals surface area (Å²) in [6, 6.07) is 12.9. The lowest BCUT2D eigenvalue weighted by Gasteiger charge is -2.17. The maximum Gasteiger partial charge on any atom is 0.257 e. The fourth-order valence-electron chi connectivity index (χ4n) is 2.41. The first kappa shape index (κ1) is 22.4. The van der Waals surface area contributed by atoms with Crippen molar-refractivity contribution < 1.29 is 22.7 Å². The number of rotatable bonds is 9. The van der Waals surface area contributed by atoms with Crippen molar-refractivity contribution in [1.29, 1.82) is 0 Å². The number of amides is 2. The Morgan fingerprint density at radius 1 is 1.00 bits per heavy atom. The molecule has 156 valence electrons. The Morgan fingerprint density at radius 2 is 1.62 bits per heavy atom. The third-order valence-electron chi connectivity index (χ3n) is 3.98. The summed E-state index contributed by atoms with van der Waals surface area (Å²) in [5.41, 5.74) is 1.43. The second-order valence-corrected chi connectivity index (χ2v) is 8.43. The van der Waals surface area contributed by atoms with Gasteiger partial charge in [0.2, 0.25) is 15.9 Å². The standard InChI is InChI=1S/C20H25N3O5S/c1-4-21-20(25)14-28-17-9-7-16(8-10-17)22-19(24)13-23(3)29(26,27)18-11-5-15(2)6-12-18/h5-12H,4,13-14H2,1-3H3,(H,21,25)(H,22,24). The summed E-state index contributed by atoms with van der Waals surface area (Å²) in [4.78, 5) is 23.7. The predicted octanol–water partition coefficient (Wildman–Crippen LogP) is 1.77. The minimum absolute atomic E-state index is 0.0960. The smallest absolute Gasteiger partial charge is 0.257 e. The van der Waals surface area contributed by atoms with Crippen LogP contribution in [0, 0.1) is 6.92 Å². The highest BCUT2D eigenvalue weighted by Crippen LogP contribution is 2.17. The number of hydrogen-bond acceptors (Lipinski definition) is 5. The Kier molecular flexibility index (Phi) is 7.74. The zero-order valence-corrected chi connectivity index (χ0v) is 17.5. The minimum atomic E-state index is -3.76. The van der Waals surface area contributed by atoms with Crippen LogP contribution in [0.25, 0.3) is 0 Å². The molecule has 0 spiro atoms. The van der Waals surface area contributed by atoms with E-state index in [0.717, 1.165) is 9.87 Å². The highest BCUT2D eigenvalue weighted by Gasteiger charge is 2.22. The molecule has 2 aromatic rings. The van der Waals surface area contributed by atoms with Crippen molar-refractivity contribution >= 4 is 27.5 Å². The first-order valence-electron chi connectivity index (χ1n) is 9.05. The molecule has 9 heteroatoms. The molecule has 0 unspecified atom stereocenters. The first-order valence-corrected chi connectivity index (χ1v) is 10.5. The van der Waals surface area contributed by atoms with Gasteiger partial charge in [-0.05, 0) is 50.2 Å². The van der Waals surface area contributed by atoms with E-state index in [1.54, 1.807) is 36.4 Å². The zero-order valence-electron chi connectivity index (χ0n) is 16.6. The van der Waals surface area contributed by atoms with Crippen molar-refractivity contribution in [3.05, 3.63) is 54.1 Å². The van der Waals surface area contributed by atoms with Crippen LogP contribution >= 0.6 is 0 Å². The molecule has 2 amide bonds. The van der Waals surface area contributed by atoms with E-state index < -0.39 is 15.9 Å². The van der Waals surface area contributed by atoms with Crippen LogP contribution in [0.5, 0.6) is 5.75 Å². The van der Waals surface area contributed by atoms with Crippen LogP contribution in [0.15, 0.2) is 53.4 Å². The molecule has 29 heavy (non-hydrogen) atoms. The van der Waals surface area contributed by atoms with E-state index >= 15 is 0 Å². The van der Waals surface area contributed by atoms with Crippen LogP contribution < -0.4 is 15.4 Å². The van der Waals surface area contributed by atoms with E-state index in [4.69, 9.17) is 4.74 Å². The number of carbonyl (C=O) groups excluding carboxylic acids is 2. The van der Waals surface area contributed by atoms with Crippen molar-refractivity contribution in [3.8, 4) is 5.75 Å². The maximum atomic E-state index is 12.5. The molecular weight excluding hydrogens is 394 g/mol. The van der Waals surface area contributed by atoms with E-state index in [9.17, 15) is 18.0 Å². The third kappa shape index (κ3) is 6.58. The number of anilines is 1. The summed E-state index contributed by atoms with van der Waals surface area (Å²) in [7, 11) is -2.40. The molecule has 0 aliphatic heterocycles. The number of aryl methyl sites for hydroxylation is 1. The van der Waals surface area contributed by atoms with E-state index in [1.165, 1.54) is 19.2 Å². The molecule has 0 aliphatic rings. The Bertz CT molecular complexity index is 941. The highest BCUT2D eigenvalue weighted by atomic mass is 32.2. The number of nitrogens with one attached hydrogen (secondary N) is 2. The van der Waals surface area contributed by atoms with Gasteiger partial charge >= 0.3 is 0 Å². The lowest BCUT2D eigenvalue weighted by molar-refractivity contribution is -0.123. The van der Waals surface area contributed by atoms with Crippen LogP contribution in [0.1, 0.15) is 12.5 Å². The molecule has 0 aliphatic carbocycles. The molecule has 0 saturated carbocycles.